The number of carbonyl (C=O) groups excluding carboxylic acids is 2. The second-order valence-electron chi connectivity index (χ2n) is 6.36. The molecule has 25 heavy (non-hydrogen) atoms. The van der Waals surface area contributed by atoms with Crippen LogP contribution < -0.4 is 5.32 Å². The lowest BCUT2D eigenvalue weighted by Crippen LogP contribution is -2.59. The van der Waals surface area contributed by atoms with Crippen molar-refractivity contribution in [1.82, 2.24) is 9.88 Å². The van der Waals surface area contributed by atoms with Gasteiger partial charge in [0.25, 0.3) is 5.91 Å². The van der Waals surface area contributed by atoms with Crippen LogP contribution in [0.15, 0.2) is 48.8 Å². The first-order valence-electron chi connectivity index (χ1n) is 8.56. The number of amides is 2. The lowest BCUT2D eigenvalue weighted by atomic mass is 9.87. The first kappa shape index (κ1) is 18.6. The summed E-state index contributed by atoms with van der Waals surface area (Å²) in [7, 11) is 0. The molecule has 0 spiro atoms. The molecule has 1 N–H and O–H groups in total. The summed E-state index contributed by atoms with van der Waals surface area (Å²) < 4.78 is 0. The zero-order valence-corrected chi connectivity index (χ0v) is 15.2. The first-order chi connectivity index (χ1) is 12.0. The van der Waals surface area contributed by atoms with Crippen LogP contribution in [0.1, 0.15) is 50.0 Å². The van der Waals surface area contributed by atoms with Crippen molar-refractivity contribution < 1.29 is 9.59 Å². The number of hydrogen-bond donors (Lipinski definition) is 1. The molecule has 0 radical (unpaired) electrons. The highest BCUT2D eigenvalue weighted by Gasteiger charge is 2.42. The quantitative estimate of drug-likeness (QED) is 0.860. The molecule has 2 heterocycles. The van der Waals surface area contributed by atoms with E-state index in [1.165, 1.54) is 0 Å². The van der Waals surface area contributed by atoms with Gasteiger partial charge < -0.3 is 10.2 Å². The van der Waals surface area contributed by atoms with E-state index in [-0.39, 0.29) is 17.4 Å². The summed E-state index contributed by atoms with van der Waals surface area (Å²) in [6.07, 6.45) is 3.86. The number of rotatable bonds is 4. The van der Waals surface area contributed by atoms with Gasteiger partial charge in [0.05, 0.1) is 0 Å². The van der Waals surface area contributed by atoms with E-state index in [4.69, 9.17) is 0 Å². The van der Waals surface area contributed by atoms with Gasteiger partial charge in [-0.25, -0.2) is 0 Å². The SMILES string of the molecule is CC.CC1(C)CC(=O)N1Cc1ccc(C(=O)Nc2ccncc2)cc1. The van der Waals surface area contributed by atoms with Crippen LogP contribution in [-0.4, -0.2) is 27.2 Å². The molecule has 1 aromatic carbocycles. The molecule has 5 heteroatoms. The van der Waals surface area contributed by atoms with Crippen LogP contribution in [0.25, 0.3) is 0 Å². The standard InChI is InChI=1S/C18H19N3O2.C2H6/c1-18(2)11-16(22)21(18)12-13-3-5-14(6-4-13)17(23)20-15-7-9-19-10-8-15;1-2/h3-10H,11-12H2,1-2H3,(H,19,20,23);1-2H3. The third-order valence-corrected chi connectivity index (χ3v) is 4.11. The number of likely N-dealkylation sites (tertiary alicyclic amines) is 1. The maximum atomic E-state index is 12.2. The Labute approximate surface area is 149 Å². The maximum Gasteiger partial charge on any atom is 0.255 e. The summed E-state index contributed by atoms with van der Waals surface area (Å²) in [5, 5.41) is 2.82. The van der Waals surface area contributed by atoms with E-state index in [2.05, 4.69) is 24.1 Å². The van der Waals surface area contributed by atoms with Crippen molar-refractivity contribution in [3.05, 3.63) is 59.9 Å². The van der Waals surface area contributed by atoms with Crippen molar-refractivity contribution in [2.75, 3.05) is 5.32 Å². The molecule has 2 amide bonds. The number of nitrogens with one attached hydrogen (secondary N) is 1. The predicted octanol–water partition coefficient (Wildman–Crippen LogP) is 3.87. The zero-order chi connectivity index (χ0) is 18.4. The van der Waals surface area contributed by atoms with Crippen LogP contribution in [0.5, 0.6) is 0 Å². The van der Waals surface area contributed by atoms with Gasteiger partial charge in [0, 0.05) is 42.1 Å². The van der Waals surface area contributed by atoms with Crippen LogP contribution in [0.3, 0.4) is 0 Å². The molecule has 0 saturated carbocycles. The fraction of sp³-hybridized carbons (Fsp3) is 0.350. The van der Waals surface area contributed by atoms with E-state index in [0.29, 0.717) is 24.2 Å². The van der Waals surface area contributed by atoms with Crippen molar-refractivity contribution in [3.8, 4) is 0 Å². The number of hydrogen-bond acceptors (Lipinski definition) is 3. The largest absolute Gasteiger partial charge is 0.333 e. The molecule has 2 aromatic rings. The minimum absolute atomic E-state index is 0.0749. The Morgan fingerprint density at radius 2 is 1.72 bits per heavy atom. The number of carbonyl (C=O) groups is 2. The maximum absolute atomic E-state index is 12.2. The van der Waals surface area contributed by atoms with Gasteiger partial charge in [-0.05, 0) is 43.7 Å². The summed E-state index contributed by atoms with van der Waals surface area (Å²) in [6.45, 7) is 8.70. The summed E-state index contributed by atoms with van der Waals surface area (Å²) >= 11 is 0. The summed E-state index contributed by atoms with van der Waals surface area (Å²) in [4.78, 5) is 29.6. The van der Waals surface area contributed by atoms with Gasteiger partial charge in [0.15, 0.2) is 0 Å². The monoisotopic (exact) mass is 339 g/mol. The fourth-order valence-electron chi connectivity index (χ4n) is 2.69. The van der Waals surface area contributed by atoms with Crippen molar-refractivity contribution in [2.24, 2.45) is 0 Å². The second kappa shape index (κ2) is 7.92. The first-order valence-corrected chi connectivity index (χ1v) is 8.56. The van der Waals surface area contributed by atoms with Crippen LogP contribution >= 0.6 is 0 Å². The lowest BCUT2D eigenvalue weighted by molar-refractivity contribution is -0.154. The number of benzene rings is 1. The Bertz CT molecular complexity index is 724. The highest BCUT2D eigenvalue weighted by atomic mass is 16.2. The number of β-lactam (4-membered cyclic amide) rings is 1. The Hall–Kier alpha value is -2.69. The van der Waals surface area contributed by atoms with Crippen LogP contribution in [-0.2, 0) is 11.3 Å². The molecule has 0 bridgehead atoms. The van der Waals surface area contributed by atoms with Gasteiger partial charge in [-0.1, -0.05) is 26.0 Å². The molecule has 1 aliphatic rings. The minimum atomic E-state index is -0.164. The molecule has 132 valence electrons. The third-order valence-electron chi connectivity index (χ3n) is 4.11. The fourth-order valence-corrected chi connectivity index (χ4v) is 2.69. The smallest absolute Gasteiger partial charge is 0.255 e. The normalized spacial score (nSPS) is 14.9. The highest BCUT2D eigenvalue weighted by Crippen LogP contribution is 2.32. The van der Waals surface area contributed by atoms with Crippen molar-refractivity contribution >= 4 is 17.5 Å². The zero-order valence-electron chi connectivity index (χ0n) is 15.2. The Morgan fingerprint density at radius 3 is 2.24 bits per heavy atom. The molecule has 0 unspecified atom stereocenters. The van der Waals surface area contributed by atoms with E-state index in [9.17, 15) is 9.59 Å². The minimum Gasteiger partial charge on any atom is -0.333 e. The summed E-state index contributed by atoms with van der Waals surface area (Å²) in [5.74, 6) is 0.0117. The Balaban J connectivity index is 0.00000109. The molecular formula is C20H25N3O2. The van der Waals surface area contributed by atoms with Crippen LogP contribution in [0.2, 0.25) is 0 Å². The Morgan fingerprint density at radius 1 is 1.12 bits per heavy atom. The number of nitrogens with zero attached hydrogens (tertiary/aromatic N) is 2. The lowest BCUT2D eigenvalue weighted by Gasteiger charge is -2.47. The molecule has 0 aliphatic carbocycles. The molecule has 1 saturated heterocycles. The molecule has 1 aromatic heterocycles. The van der Waals surface area contributed by atoms with Gasteiger partial charge in [0.1, 0.15) is 0 Å². The molecule has 5 nitrogen and oxygen atoms in total. The van der Waals surface area contributed by atoms with Crippen molar-refractivity contribution in [2.45, 2.75) is 46.2 Å². The van der Waals surface area contributed by atoms with E-state index in [0.717, 1.165) is 5.56 Å². The highest BCUT2D eigenvalue weighted by molar-refractivity contribution is 6.04. The third kappa shape index (κ3) is 4.44. The molecule has 1 fully saturated rings. The van der Waals surface area contributed by atoms with Crippen molar-refractivity contribution in [1.29, 1.82) is 0 Å². The molecule has 1 aliphatic heterocycles. The predicted molar refractivity (Wildman–Crippen MR) is 99.2 cm³/mol. The average molecular weight is 339 g/mol. The van der Waals surface area contributed by atoms with E-state index < -0.39 is 0 Å². The van der Waals surface area contributed by atoms with Crippen LogP contribution in [0, 0.1) is 0 Å². The van der Waals surface area contributed by atoms with Gasteiger partial charge in [-0.3, -0.25) is 14.6 Å². The average Bonchev–Trinajstić information content (AvgIpc) is 2.62. The number of pyridine rings is 1. The van der Waals surface area contributed by atoms with Gasteiger partial charge in [-0.15, -0.1) is 0 Å². The Kier molecular flexibility index (Phi) is 5.91. The van der Waals surface area contributed by atoms with Gasteiger partial charge in [-0.2, -0.15) is 0 Å². The van der Waals surface area contributed by atoms with E-state index >= 15 is 0 Å². The molecule has 3 rings (SSSR count). The number of aromatic nitrogens is 1. The van der Waals surface area contributed by atoms with E-state index in [1.54, 1.807) is 36.7 Å². The molecule has 0 atom stereocenters. The van der Waals surface area contributed by atoms with Gasteiger partial charge >= 0.3 is 0 Å². The topological polar surface area (TPSA) is 62.3 Å². The van der Waals surface area contributed by atoms with E-state index in [1.807, 2.05) is 30.9 Å². The summed E-state index contributed by atoms with van der Waals surface area (Å²) in [6, 6.07) is 10.8. The number of anilines is 1. The van der Waals surface area contributed by atoms with Crippen molar-refractivity contribution in [3.63, 3.8) is 0 Å². The van der Waals surface area contributed by atoms with Crippen LogP contribution in [0.4, 0.5) is 5.69 Å². The molecular weight excluding hydrogens is 314 g/mol. The summed E-state index contributed by atoms with van der Waals surface area (Å²) in [5.41, 5.74) is 2.24. The van der Waals surface area contributed by atoms with Gasteiger partial charge in [0.2, 0.25) is 5.91 Å². The second-order valence-corrected chi connectivity index (χ2v) is 6.36.